The van der Waals surface area contributed by atoms with Crippen LogP contribution in [0.5, 0.6) is 5.75 Å². The van der Waals surface area contributed by atoms with E-state index in [1.165, 1.54) is 5.56 Å². The number of nitrogens with one attached hydrogen (secondary N) is 2. The predicted molar refractivity (Wildman–Crippen MR) is 107 cm³/mol. The number of carbonyl (C=O) groups is 1. The van der Waals surface area contributed by atoms with E-state index >= 15 is 0 Å². The minimum Gasteiger partial charge on any atom is -0.497 e. The Labute approximate surface area is 162 Å². The van der Waals surface area contributed by atoms with Gasteiger partial charge in [-0.2, -0.15) is 0 Å². The lowest BCUT2D eigenvalue weighted by Crippen LogP contribution is -2.46. The lowest BCUT2D eigenvalue weighted by atomic mass is 10.0. The van der Waals surface area contributed by atoms with Crippen LogP contribution in [0.4, 0.5) is 0 Å². The van der Waals surface area contributed by atoms with Gasteiger partial charge in [0, 0.05) is 33.8 Å². The van der Waals surface area contributed by atoms with Gasteiger partial charge >= 0.3 is 0 Å². The number of carbonyl (C=O) groups excluding carboxylic acids is 1. The van der Waals surface area contributed by atoms with E-state index in [2.05, 4.69) is 22.5 Å². The van der Waals surface area contributed by atoms with Gasteiger partial charge in [0.2, 0.25) is 5.91 Å². The Morgan fingerprint density at radius 1 is 1.30 bits per heavy atom. The van der Waals surface area contributed by atoms with Crippen molar-refractivity contribution < 1.29 is 14.3 Å². The molecule has 2 N–H and O–H groups in total. The summed E-state index contributed by atoms with van der Waals surface area (Å²) in [7, 11) is 5.12. The molecule has 150 valence electrons. The summed E-state index contributed by atoms with van der Waals surface area (Å²) in [6.45, 7) is 4.40. The van der Waals surface area contributed by atoms with Gasteiger partial charge in [0.05, 0.1) is 12.7 Å². The third-order valence-electron chi connectivity index (χ3n) is 4.67. The number of guanidine groups is 1. The number of hydrogen-bond donors (Lipinski definition) is 2. The van der Waals surface area contributed by atoms with Crippen LogP contribution in [-0.4, -0.2) is 69.8 Å². The molecule has 0 radical (unpaired) electrons. The molecule has 1 aliphatic rings. The zero-order chi connectivity index (χ0) is 19.7. The minimum absolute atomic E-state index is 0.0328. The van der Waals surface area contributed by atoms with Crippen LogP contribution in [0.3, 0.4) is 0 Å². The van der Waals surface area contributed by atoms with Gasteiger partial charge in [-0.05, 0) is 43.9 Å². The van der Waals surface area contributed by atoms with Crippen LogP contribution in [0.2, 0.25) is 0 Å². The summed E-state index contributed by atoms with van der Waals surface area (Å²) >= 11 is 0. The maximum absolute atomic E-state index is 11.9. The molecule has 27 heavy (non-hydrogen) atoms. The first-order valence-corrected chi connectivity index (χ1v) is 9.41. The first kappa shape index (κ1) is 21.0. The SMILES string of the molecule is COc1ccc(CCNC(=NCC(=O)N(C)C)NCC2(C)CCCO2)cc1. The Morgan fingerprint density at radius 3 is 2.63 bits per heavy atom. The zero-order valence-corrected chi connectivity index (χ0v) is 16.9. The highest BCUT2D eigenvalue weighted by molar-refractivity contribution is 5.84. The molecule has 7 nitrogen and oxygen atoms in total. The summed E-state index contributed by atoms with van der Waals surface area (Å²) in [5.41, 5.74) is 1.03. The molecule has 1 saturated heterocycles. The molecule has 1 heterocycles. The molecule has 0 aliphatic carbocycles. The van der Waals surface area contributed by atoms with E-state index in [0.717, 1.165) is 31.6 Å². The first-order valence-electron chi connectivity index (χ1n) is 9.41. The molecule has 1 atom stereocenters. The summed E-state index contributed by atoms with van der Waals surface area (Å²) in [6, 6.07) is 8.01. The molecule has 0 aromatic heterocycles. The summed E-state index contributed by atoms with van der Waals surface area (Å²) < 4.78 is 11.0. The van der Waals surface area contributed by atoms with E-state index in [9.17, 15) is 4.79 Å². The fourth-order valence-corrected chi connectivity index (χ4v) is 2.83. The van der Waals surface area contributed by atoms with E-state index in [1.807, 2.05) is 24.3 Å². The Kier molecular flexibility index (Phi) is 7.91. The third-order valence-corrected chi connectivity index (χ3v) is 4.67. The number of aliphatic imine (C=N–C) groups is 1. The number of amides is 1. The van der Waals surface area contributed by atoms with Crippen LogP contribution in [-0.2, 0) is 16.0 Å². The minimum atomic E-state index is -0.177. The van der Waals surface area contributed by atoms with Gasteiger partial charge in [0.15, 0.2) is 5.96 Å². The average Bonchev–Trinajstić information content (AvgIpc) is 3.10. The van der Waals surface area contributed by atoms with Crippen molar-refractivity contribution in [3.63, 3.8) is 0 Å². The van der Waals surface area contributed by atoms with Crippen LogP contribution in [0.15, 0.2) is 29.3 Å². The van der Waals surface area contributed by atoms with Crippen molar-refractivity contribution >= 4 is 11.9 Å². The van der Waals surface area contributed by atoms with Crippen molar-refractivity contribution in [2.24, 2.45) is 4.99 Å². The fourth-order valence-electron chi connectivity index (χ4n) is 2.83. The maximum atomic E-state index is 11.9. The van der Waals surface area contributed by atoms with Gasteiger partial charge in [0.25, 0.3) is 0 Å². The largest absolute Gasteiger partial charge is 0.497 e. The molecule has 2 rings (SSSR count). The molecule has 1 aromatic carbocycles. The lowest BCUT2D eigenvalue weighted by Gasteiger charge is -2.25. The van der Waals surface area contributed by atoms with Gasteiger partial charge in [-0.25, -0.2) is 4.99 Å². The second-order valence-corrected chi connectivity index (χ2v) is 7.23. The molecule has 1 amide bonds. The van der Waals surface area contributed by atoms with Gasteiger partial charge in [-0.15, -0.1) is 0 Å². The first-order chi connectivity index (χ1) is 12.9. The van der Waals surface area contributed by atoms with Crippen LogP contribution < -0.4 is 15.4 Å². The van der Waals surface area contributed by atoms with E-state index < -0.39 is 0 Å². The van der Waals surface area contributed by atoms with Crippen molar-refractivity contribution in [2.45, 2.75) is 31.8 Å². The van der Waals surface area contributed by atoms with Crippen molar-refractivity contribution in [1.29, 1.82) is 0 Å². The summed E-state index contributed by atoms with van der Waals surface area (Å²) in [4.78, 5) is 17.8. The number of ether oxygens (including phenoxy) is 2. The van der Waals surface area contributed by atoms with E-state index in [-0.39, 0.29) is 18.1 Å². The Hall–Kier alpha value is -2.28. The lowest BCUT2D eigenvalue weighted by molar-refractivity contribution is -0.127. The molecule has 0 spiro atoms. The Morgan fingerprint density at radius 2 is 2.04 bits per heavy atom. The highest BCUT2D eigenvalue weighted by Crippen LogP contribution is 2.23. The zero-order valence-electron chi connectivity index (χ0n) is 16.9. The summed E-state index contributed by atoms with van der Waals surface area (Å²) in [6.07, 6.45) is 2.95. The number of benzene rings is 1. The topological polar surface area (TPSA) is 75.2 Å². The number of methoxy groups -OCH3 is 1. The number of rotatable bonds is 8. The Bertz CT molecular complexity index is 623. The molecule has 1 unspecified atom stereocenters. The maximum Gasteiger partial charge on any atom is 0.243 e. The van der Waals surface area contributed by atoms with E-state index in [1.54, 1.807) is 26.1 Å². The number of hydrogen-bond acceptors (Lipinski definition) is 4. The second-order valence-electron chi connectivity index (χ2n) is 7.23. The van der Waals surface area contributed by atoms with Gasteiger partial charge < -0.3 is 25.0 Å². The molecule has 0 saturated carbocycles. The predicted octanol–water partition coefficient (Wildman–Crippen LogP) is 1.43. The van der Waals surface area contributed by atoms with E-state index in [4.69, 9.17) is 9.47 Å². The summed E-state index contributed by atoms with van der Waals surface area (Å²) in [5, 5.41) is 6.64. The van der Waals surface area contributed by atoms with Crippen molar-refractivity contribution in [2.75, 3.05) is 47.4 Å². The second kappa shape index (κ2) is 10.2. The van der Waals surface area contributed by atoms with Crippen LogP contribution in [0.1, 0.15) is 25.3 Å². The highest BCUT2D eigenvalue weighted by Gasteiger charge is 2.29. The molecule has 1 aliphatic heterocycles. The average molecular weight is 377 g/mol. The van der Waals surface area contributed by atoms with Crippen molar-refractivity contribution in [1.82, 2.24) is 15.5 Å². The molecule has 1 fully saturated rings. The molecule has 1 aromatic rings. The Balaban J connectivity index is 1.89. The normalized spacial score (nSPS) is 19.6. The van der Waals surface area contributed by atoms with Gasteiger partial charge in [0.1, 0.15) is 12.3 Å². The monoisotopic (exact) mass is 376 g/mol. The van der Waals surface area contributed by atoms with Crippen LogP contribution in [0, 0.1) is 0 Å². The highest BCUT2D eigenvalue weighted by atomic mass is 16.5. The van der Waals surface area contributed by atoms with Gasteiger partial charge in [-0.3, -0.25) is 4.79 Å². The molecular formula is C20H32N4O3. The molecular weight excluding hydrogens is 344 g/mol. The van der Waals surface area contributed by atoms with E-state index in [0.29, 0.717) is 19.0 Å². The standard InChI is InChI=1S/C20H32N4O3/c1-20(11-5-13-27-20)15-23-19(22-14-18(25)24(2)3)21-12-10-16-6-8-17(26-4)9-7-16/h6-9H,5,10-15H2,1-4H3,(H2,21,22,23). The van der Waals surface area contributed by atoms with Crippen LogP contribution >= 0.6 is 0 Å². The molecule has 0 bridgehead atoms. The third kappa shape index (κ3) is 7.09. The fraction of sp³-hybridized carbons (Fsp3) is 0.600. The van der Waals surface area contributed by atoms with Crippen LogP contribution in [0.25, 0.3) is 0 Å². The molecule has 7 heteroatoms. The number of nitrogens with zero attached hydrogens (tertiary/aromatic N) is 2. The van der Waals surface area contributed by atoms with Crippen molar-refractivity contribution in [3.8, 4) is 5.75 Å². The summed E-state index contributed by atoms with van der Waals surface area (Å²) in [5.74, 6) is 1.45. The van der Waals surface area contributed by atoms with Crippen molar-refractivity contribution in [3.05, 3.63) is 29.8 Å². The van der Waals surface area contributed by atoms with Gasteiger partial charge in [-0.1, -0.05) is 12.1 Å². The number of likely N-dealkylation sites (N-methyl/N-ethyl adjacent to an activating group) is 1. The smallest absolute Gasteiger partial charge is 0.243 e. The quantitative estimate of drug-likeness (QED) is 0.530.